The number of halogens is 1. The fraction of sp³-hybridized carbons (Fsp3) is 0.500. The number of carbonyl (C=O) groups is 1. The smallest absolute Gasteiger partial charge is 0.252 e. The van der Waals surface area contributed by atoms with Crippen molar-refractivity contribution in [2.24, 2.45) is 10.9 Å². The first kappa shape index (κ1) is 14.5. The van der Waals surface area contributed by atoms with E-state index in [1.54, 1.807) is 6.07 Å². The number of nitrogens with zero attached hydrogens (tertiary/aromatic N) is 1. The van der Waals surface area contributed by atoms with Crippen LogP contribution in [0.5, 0.6) is 0 Å². The monoisotopic (exact) mass is 305 g/mol. The van der Waals surface area contributed by atoms with Gasteiger partial charge in [0.2, 0.25) is 0 Å². The third-order valence-electron chi connectivity index (χ3n) is 4.24. The van der Waals surface area contributed by atoms with E-state index in [1.165, 1.54) is 0 Å². The second-order valence-corrected chi connectivity index (χ2v) is 6.51. The van der Waals surface area contributed by atoms with Crippen molar-refractivity contribution in [2.75, 3.05) is 18.4 Å². The molecule has 0 aromatic heterocycles. The normalized spacial score (nSPS) is 20.8. The van der Waals surface area contributed by atoms with Gasteiger partial charge in [-0.25, -0.2) is 0 Å². The second-order valence-electron chi connectivity index (χ2n) is 6.08. The highest BCUT2D eigenvalue weighted by molar-refractivity contribution is 6.31. The number of hydrogen-bond donors (Lipinski definition) is 2. The van der Waals surface area contributed by atoms with E-state index >= 15 is 0 Å². The Hall–Kier alpha value is -1.39. The van der Waals surface area contributed by atoms with E-state index in [0.717, 1.165) is 42.9 Å². The molecular formula is C16H20ClN3O. The van der Waals surface area contributed by atoms with Gasteiger partial charge in [-0.3, -0.25) is 9.79 Å². The maximum atomic E-state index is 12.7. The van der Waals surface area contributed by atoms with Crippen LogP contribution < -0.4 is 10.6 Å². The van der Waals surface area contributed by atoms with Gasteiger partial charge in [-0.05, 0) is 50.0 Å². The summed E-state index contributed by atoms with van der Waals surface area (Å²) in [4.78, 5) is 17.7. The first-order valence-corrected chi connectivity index (χ1v) is 7.81. The van der Waals surface area contributed by atoms with E-state index in [2.05, 4.69) is 24.5 Å². The molecule has 1 amide bonds. The van der Waals surface area contributed by atoms with Crippen LogP contribution in [-0.4, -0.2) is 30.2 Å². The zero-order valence-electron chi connectivity index (χ0n) is 12.4. The summed E-state index contributed by atoms with van der Waals surface area (Å²) < 4.78 is 0. The van der Waals surface area contributed by atoms with Gasteiger partial charge in [0, 0.05) is 22.0 Å². The molecule has 2 aliphatic heterocycles. The van der Waals surface area contributed by atoms with E-state index in [4.69, 9.17) is 16.6 Å². The SMILES string of the molecule is CC(C)C1=NC2(CCNCC2)C(=O)Nc2ccc(Cl)cc21. The van der Waals surface area contributed by atoms with Gasteiger partial charge in [-0.1, -0.05) is 25.4 Å². The number of nitrogens with one attached hydrogen (secondary N) is 2. The molecule has 1 aromatic rings. The highest BCUT2D eigenvalue weighted by Crippen LogP contribution is 2.34. The zero-order valence-corrected chi connectivity index (χ0v) is 13.1. The molecule has 2 N–H and O–H groups in total. The fourth-order valence-electron chi connectivity index (χ4n) is 3.04. The Labute approximate surface area is 130 Å². The van der Waals surface area contributed by atoms with Crippen LogP contribution >= 0.6 is 11.6 Å². The van der Waals surface area contributed by atoms with E-state index in [1.807, 2.05) is 12.1 Å². The summed E-state index contributed by atoms with van der Waals surface area (Å²) >= 11 is 6.14. The Balaban J connectivity index is 2.16. The van der Waals surface area contributed by atoms with Crippen LogP contribution in [0.15, 0.2) is 23.2 Å². The van der Waals surface area contributed by atoms with Gasteiger partial charge in [0.15, 0.2) is 0 Å². The third-order valence-corrected chi connectivity index (χ3v) is 4.48. The third kappa shape index (κ3) is 2.58. The Morgan fingerprint density at radius 2 is 2.00 bits per heavy atom. The molecule has 2 aliphatic rings. The van der Waals surface area contributed by atoms with Gasteiger partial charge in [0.1, 0.15) is 5.54 Å². The Morgan fingerprint density at radius 1 is 1.29 bits per heavy atom. The summed E-state index contributed by atoms with van der Waals surface area (Å²) in [5, 5.41) is 7.02. The lowest BCUT2D eigenvalue weighted by molar-refractivity contribution is -0.121. The number of piperidine rings is 1. The highest BCUT2D eigenvalue weighted by Gasteiger charge is 2.42. The second kappa shape index (κ2) is 5.43. The molecule has 0 saturated carbocycles. The molecule has 1 saturated heterocycles. The largest absolute Gasteiger partial charge is 0.323 e. The van der Waals surface area contributed by atoms with Gasteiger partial charge < -0.3 is 10.6 Å². The molecule has 1 aromatic carbocycles. The van der Waals surface area contributed by atoms with Gasteiger partial charge >= 0.3 is 0 Å². The maximum Gasteiger partial charge on any atom is 0.252 e. The van der Waals surface area contributed by atoms with Crippen LogP contribution in [0, 0.1) is 5.92 Å². The number of anilines is 1. The van der Waals surface area contributed by atoms with Gasteiger partial charge in [0.25, 0.3) is 5.91 Å². The maximum absolute atomic E-state index is 12.7. The number of hydrogen-bond acceptors (Lipinski definition) is 3. The molecule has 4 nitrogen and oxygen atoms in total. The summed E-state index contributed by atoms with van der Waals surface area (Å²) in [5.41, 5.74) is 2.08. The molecule has 0 bridgehead atoms. The molecular weight excluding hydrogens is 286 g/mol. The molecule has 5 heteroatoms. The van der Waals surface area contributed by atoms with Crippen molar-refractivity contribution >= 4 is 28.9 Å². The number of aliphatic imine (C=N–C) groups is 1. The van der Waals surface area contributed by atoms with E-state index in [-0.39, 0.29) is 11.8 Å². The molecule has 21 heavy (non-hydrogen) atoms. The number of carbonyl (C=O) groups excluding carboxylic acids is 1. The number of fused-ring (bicyclic) bond motifs is 1. The minimum atomic E-state index is -0.643. The average Bonchev–Trinajstić information content (AvgIpc) is 2.57. The number of rotatable bonds is 1. The summed E-state index contributed by atoms with van der Waals surface area (Å²) in [5.74, 6) is 0.241. The standard InChI is InChI=1S/C16H20ClN3O/c1-10(2)14-12-9-11(17)3-4-13(12)19-15(21)16(20-14)5-7-18-8-6-16/h3-4,9-10,18H,5-8H2,1-2H3,(H,19,21). The lowest BCUT2D eigenvalue weighted by Crippen LogP contribution is -2.49. The molecule has 1 spiro atoms. The molecule has 2 heterocycles. The quantitative estimate of drug-likeness (QED) is 0.838. The lowest BCUT2D eigenvalue weighted by Gasteiger charge is -2.32. The van der Waals surface area contributed by atoms with Crippen molar-refractivity contribution in [1.29, 1.82) is 0 Å². The Bertz CT molecular complexity index is 604. The van der Waals surface area contributed by atoms with Crippen molar-refractivity contribution in [3.8, 4) is 0 Å². The van der Waals surface area contributed by atoms with Gasteiger partial charge in [-0.15, -0.1) is 0 Å². The van der Waals surface area contributed by atoms with Crippen molar-refractivity contribution in [2.45, 2.75) is 32.2 Å². The summed E-state index contributed by atoms with van der Waals surface area (Å²) in [6.07, 6.45) is 1.47. The van der Waals surface area contributed by atoms with E-state index in [9.17, 15) is 4.79 Å². The van der Waals surface area contributed by atoms with E-state index in [0.29, 0.717) is 5.02 Å². The van der Waals surface area contributed by atoms with Crippen LogP contribution in [0.25, 0.3) is 0 Å². The van der Waals surface area contributed by atoms with Gasteiger partial charge in [-0.2, -0.15) is 0 Å². The number of benzene rings is 1. The van der Waals surface area contributed by atoms with Crippen molar-refractivity contribution in [1.82, 2.24) is 5.32 Å². The lowest BCUT2D eigenvalue weighted by atomic mass is 9.87. The zero-order chi connectivity index (χ0) is 15.0. The highest BCUT2D eigenvalue weighted by atomic mass is 35.5. The minimum Gasteiger partial charge on any atom is -0.323 e. The average molecular weight is 306 g/mol. The van der Waals surface area contributed by atoms with Crippen LogP contribution in [0.4, 0.5) is 5.69 Å². The molecule has 3 rings (SSSR count). The molecule has 112 valence electrons. The minimum absolute atomic E-state index is 0.00298. The Morgan fingerprint density at radius 3 is 2.67 bits per heavy atom. The van der Waals surface area contributed by atoms with Crippen molar-refractivity contribution in [3.05, 3.63) is 28.8 Å². The van der Waals surface area contributed by atoms with Gasteiger partial charge in [0.05, 0.1) is 0 Å². The molecule has 0 radical (unpaired) electrons. The summed E-state index contributed by atoms with van der Waals surface area (Å²) in [7, 11) is 0. The summed E-state index contributed by atoms with van der Waals surface area (Å²) in [6.45, 7) is 5.85. The van der Waals surface area contributed by atoms with Crippen molar-refractivity contribution < 1.29 is 4.79 Å². The van der Waals surface area contributed by atoms with Crippen LogP contribution in [0.1, 0.15) is 32.3 Å². The van der Waals surface area contributed by atoms with Crippen molar-refractivity contribution in [3.63, 3.8) is 0 Å². The van der Waals surface area contributed by atoms with Crippen LogP contribution in [-0.2, 0) is 4.79 Å². The molecule has 0 unspecified atom stereocenters. The van der Waals surface area contributed by atoms with E-state index < -0.39 is 5.54 Å². The van der Waals surface area contributed by atoms with Crippen LogP contribution in [0.3, 0.4) is 0 Å². The molecule has 0 aliphatic carbocycles. The topological polar surface area (TPSA) is 53.5 Å². The molecule has 0 atom stereocenters. The summed E-state index contributed by atoms with van der Waals surface area (Å²) in [6, 6.07) is 5.57. The first-order chi connectivity index (χ1) is 10.0. The predicted octanol–water partition coefficient (Wildman–Crippen LogP) is 2.86. The first-order valence-electron chi connectivity index (χ1n) is 7.44. The molecule has 1 fully saturated rings. The van der Waals surface area contributed by atoms with Crippen LogP contribution in [0.2, 0.25) is 5.02 Å². The number of amides is 1. The fourth-order valence-corrected chi connectivity index (χ4v) is 3.21. The Kier molecular flexibility index (Phi) is 3.76. The predicted molar refractivity (Wildman–Crippen MR) is 86.3 cm³/mol.